The van der Waals surface area contributed by atoms with Crippen LogP contribution in [0.2, 0.25) is 5.02 Å². The molecule has 114 valence electrons. The molecule has 0 radical (unpaired) electrons. The molecule has 4 nitrogen and oxygen atoms in total. The van der Waals surface area contributed by atoms with E-state index in [1.54, 1.807) is 0 Å². The molecular weight excluding hydrogens is 286 g/mol. The molecule has 0 aliphatic rings. The maximum Gasteiger partial charge on any atom is 0.228 e. The first-order chi connectivity index (χ1) is 10.2. The van der Waals surface area contributed by atoms with E-state index in [0.717, 1.165) is 36.4 Å². The van der Waals surface area contributed by atoms with Gasteiger partial charge >= 0.3 is 0 Å². The van der Waals surface area contributed by atoms with Gasteiger partial charge in [0.15, 0.2) is 5.82 Å². The third kappa shape index (κ3) is 4.83. The average Bonchev–Trinajstić information content (AvgIpc) is 2.89. The van der Waals surface area contributed by atoms with Crippen LogP contribution in [0.4, 0.5) is 0 Å². The van der Waals surface area contributed by atoms with Crippen LogP contribution in [0.15, 0.2) is 28.8 Å². The second-order valence-corrected chi connectivity index (χ2v) is 5.53. The lowest BCUT2D eigenvalue weighted by Crippen LogP contribution is -2.30. The van der Waals surface area contributed by atoms with E-state index in [4.69, 9.17) is 16.1 Å². The number of rotatable bonds is 8. The van der Waals surface area contributed by atoms with E-state index in [0.29, 0.717) is 24.2 Å². The van der Waals surface area contributed by atoms with Crippen LogP contribution in [0, 0.1) is 0 Å². The summed E-state index contributed by atoms with van der Waals surface area (Å²) in [7, 11) is 0. The van der Waals surface area contributed by atoms with Crippen molar-refractivity contribution in [1.29, 1.82) is 0 Å². The van der Waals surface area contributed by atoms with E-state index in [-0.39, 0.29) is 0 Å². The molecule has 1 aromatic heterocycles. The molecule has 0 saturated carbocycles. The largest absolute Gasteiger partial charge is 0.339 e. The summed E-state index contributed by atoms with van der Waals surface area (Å²) >= 11 is 6.15. The first kappa shape index (κ1) is 16.0. The van der Waals surface area contributed by atoms with Crippen LogP contribution in [0.5, 0.6) is 0 Å². The van der Waals surface area contributed by atoms with E-state index in [9.17, 15) is 0 Å². The minimum atomic E-state index is 0.397. The lowest BCUT2D eigenvalue weighted by Gasteiger charge is -2.14. The molecule has 1 N–H and O–H groups in total. The predicted molar refractivity (Wildman–Crippen MR) is 84.6 cm³/mol. The highest BCUT2D eigenvalue weighted by Gasteiger charge is 2.14. The molecule has 5 heteroatoms. The molecular formula is C16H22ClN3O. The molecule has 0 aliphatic carbocycles. The van der Waals surface area contributed by atoms with Crippen molar-refractivity contribution < 1.29 is 4.52 Å². The summed E-state index contributed by atoms with van der Waals surface area (Å²) in [5.41, 5.74) is 1.02. The highest BCUT2D eigenvalue weighted by molar-refractivity contribution is 6.31. The molecule has 1 unspecified atom stereocenters. The lowest BCUT2D eigenvalue weighted by molar-refractivity contribution is 0.349. The van der Waals surface area contributed by atoms with Crippen molar-refractivity contribution in [2.24, 2.45) is 0 Å². The van der Waals surface area contributed by atoms with Gasteiger partial charge in [0.2, 0.25) is 5.89 Å². The van der Waals surface area contributed by atoms with Gasteiger partial charge in [0, 0.05) is 23.9 Å². The molecule has 1 heterocycles. The first-order valence-electron chi connectivity index (χ1n) is 7.51. The minimum absolute atomic E-state index is 0.397. The van der Waals surface area contributed by atoms with Crippen molar-refractivity contribution in [3.05, 3.63) is 46.6 Å². The predicted octanol–water partition coefficient (Wildman–Crippen LogP) is 3.63. The third-order valence-corrected chi connectivity index (χ3v) is 3.74. The standard InChI is InChI=1S/C16H22ClN3O/c1-3-7-13(18-4-2)11-16-19-15(20-21-16)10-12-8-5-6-9-14(12)17/h5-6,8-9,13,18H,3-4,7,10-11H2,1-2H3. The monoisotopic (exact) mass is 307 g/mol. The van der Waals surface area contributed by atoms with E-state index < -0.39 is 0 Å². The van der Waals surface area contributed by atoms with Crippen molar-refractivity contribution in [3.8, 4) is 0 Å². The second kappa shape index (κ2) is 8.15. The summed E-state index contributed by atoms with van der Waals surface area (Å²) in [6.45, 7) is 5.24. The molecule has 0 amide bonds. The third-order valence-electron chi connectivity index (χ3n) is 3.37. The zero-order chi connectivity index (χ0) is 15.1. The van der Waals surface area contributed by atoms with Crippen LogP contribution in [-0.2, 0) is 12.8 Å². The fourth-order valence-electron chi connectivity index (χ4n) is 2.38. The van der Waals surface area contributed by atoms with E-state index in [1.165, 1.54) is 0 Å². The van der Waals surface area contributed by atoms with Gasteiger partial charge < -0.3 is 9.84 Å². The number of halogens is 1. The zero-order valence-electron chi connectivity index (χ0n) is 12.6. The van der Waals surface area contributed by atoms with Gasteiger partial charge in [-0.2, -0.15) is 4.98 Å². The van der Waals surface area contributed by atoms with Gasteiger partial charge in [-0.05, 0) is 24.6 Å². The molecule has 1 atom stereocenters. The molecule has 0 bridgehead atoms. The van der Waals surface area contributed by atoms with E-state index in [2.05, 4.69) is 29.3 Å². The number of aromatic nitrogens is 2. The van der Waals surface area contributed by atoms with Crippen molar-refractivity contribution >= 4 is 11.6 Å². The Morgan fingerprint density at radius 1 is 1.29 bits per heavy atom. The summed E-state index contributed by atoms with van der Waals surface area (Å²) < 4.78 is 5.36. The molecule has 21 heavy (non-hydrogen) atoms. The van der Waals surface area contributed by atoms with Gasteiger partial charge in [-0.15, -0.1) is 0 Å². The SMILES string of the molecule is CCCC(Cc1nc(Cc2ccccc2Cl)no1)NCC. The molecule has 0 saturated heterocycles. The summed E-state index contributed by atoms with van der Waals surface area (Å²) in [5, 5.41) is 8.24. The van der Waals surface area contributed by atoms with Gasteiger partial charge in [-0.1, -0.05) is 55.2 Å². The summed E-state index contributed by atoms with van der Waals surface area (Å²) in [6.07, 6.45) is 3.62. The Morgan fingerprint density at radius 3 is 2.81 bits per heavy atom. The van der Waals surface area contributed by atoms with Gasteiger partial charge in [0.1, 0.15) is 0 Å². The van der Waals surface area contributed by atoms with Crippen LogP contribution >= 0.6 is 11.6 Å². The fourth-order valence-corrected chi connectivity index (χ4v) is 2.58. The summed E-state index contributed by atoms with van der Waals surface area (Å²) in [6, 6.07) is 8.13. The van der Waals surface area contributed by atoms with Crippen LogP contribution in [0.3, 0.4) is 0 Å². The molecule has 0 spiro atoms. The van der Waals surface area contributed by atoms with E-state index in [1.807, 2.05) is 24.3 Å². The second-order valence-electron chi connectivity index (χ2n) is 5.12. The number of hydrogen-bond acceptors (Lipinski definition) is 4. The van der Waals surface area contributed by atoms with Crippen molar-refractivity contribution in [1.82, 2.24) is 15.5 Å². The average molecular weight is 308 g/mol. The fraction of sp³-hybridized carbons (Fsp3) is 0.500. The Hall–Kier alpha value is -1.39. The lowest BCUT2D eigenvalue weighted by atomic mass is 10.1. The molecule has 0 fully saturated rings. The van der Waals surface area contributed by atoms with Crippen LogP contribution in [-0.4, -0.2) is 22.7 Å². The molecule has 0 aliphatic heterocycles. The van der Waals surface area contributed by atoms with Gasteiger partial charge in [0.05, 0.1) is 0 Å². The summed E-state index contributed by atoms with van der Waals surface area (Å²) in [4.78, 5) is 4.47. The van der Waals surface area contributed by atoms with Gasteiger partial charge in [0.25, 0.3) is 0 Å². The topological polar surface area (TPSA) is 51.0 Å². The first-order valence-corrected chi connectivity index (χ1v) is 7.89. The van der Waals surface area contributed by atoms with Crippen molar-refractivity contribution in [3.63, 3.8) is 0 Å². The minimum Gasteiger partial charge on any atom is -0.339 e. The van der Waals surface area contributed by atoms with Gasteiger partial charge in [-0.25, -0.2) is 0 Å². The maximum atomic E-state index is 6.15. The highest BCUT2D eigenvalue weighted by atomic mass is 35.5. The zero-order valence-corrected chi connectivity index (χ0v) is 13.4. The smallest absolute Gasteiger partial charge is 0.228 e. The molecule has 2 aromatic rings. The molecule has 1 aromatic carbocycles. The normalized spacial score (nSPS) is 12.5. The Kier molecular flexibility index (Phi) is 6.21. The maximum absolute atomic E-state index is 6.15. The van der Waals surface area contributed by atoms with Crippen molar-refractivity contribution in [2.75, 3.05) is 6.54 Å². The molecule has 2 rings (SSSR count). The van der Waals surface area contributed by atoms with Crippen LogP contribution in [0.1, 0.15) is 44.0 Å². The Morgan fingerprint density at radius 2 is 2.10 bits per heavy atom. The van der Waals surface area contributed by atoms with Crippen LogP contribution < -0.4 is 5.32 Å². The summed E-state index contributed by atoms with van der Waals surface area (Å²) in [5.74, 6) is 1.38. The Balaban J connectivity index is 1.99. The number of likely N-dealkylation sites (N-methyl/N-ethyl adjacent to an activating group) is 1. The number of hydrogen-bond donors (Lipinski definition) is 1. The van der Waals surface area contributed by atoms with Crippen molar-refractivity contribution in [2.45, 2.75) is 45.6 Å². The highest BCUT2D eigenvalue weighted by Crippen LogP contribution is 2.18. The number of nitrogens with zero attached hydrogens (tertiary/aromatic N) is 2. The number of nitrogens with one attached hydrogen (secondary N) is 1. The quantitative estimate of drug-likeness (QED) is 0.809. The van der Waals surface area contributed by atoms with Crippen LogP contribution in [0.25, 0.3) is 0 Å². The van der Waals surface area contributed by atoms with E-state index >= 15 is 0 Å². The van der Waals surface area contributed by atoms with Gasteiger partial charge in [-0.3, -0.25) is 0 Å². The Bertz CT molecular complexity index is 550. The number of benzene rings is 1. The Labute approximate surface area is 130 Å².